The topological polar surface area (TPSA) is 17.1 Å². The largest absolute Gasteiger partial charge is 0.298 e. The van der Waals surface area contributed by atoms with Crippen LogP contribution in [0.4, 0.5) is 0 Å². The molecule has 0 aromatic heterocycles. The SMILES string of the molecule is O=C1C(c2ccccc2)CCCCCCCCCCCCC1c1ccccc1. The van der Waals surface area contributed by atoms with Gasteiger partial charge in [0.2, 0.25) is 0 Å². The van der Waals surface area contributed by atoms with Crippen LogP contribution in [0.3, 0.4) is 0 Å². The van der Waals surface area contributed by atoms with Crippen LogP contribution in [-0.2, 0) is 4.79 Å². The Hall–Kier alpha value is -1.89. The van der Waals surface area contributed by atoms with Gasteiger partial charge in [0.25, 0.3) is 0 Å². The third-order valence-corrected chi connectivity index (χ3v) is 6.33. The number of carbonyl (C=O) groups excluding carboxylic acids is 1. The zero-order valence-electron chi connectivity index (χ0n) is 17.3. The number of hydrogen-bond acceptors (Lipinski definition) is 1. The van der Waals surface area contributed by atoms with Gasteiger partial charge in [-0.25, -0.2) is 0 Å². The van der Waals surface area contributed by atoms with E-state index >= 15 is 0 Å². The van der Waals surface area contributed by atoms with Crippen LogP contribution in [0, 0.1) is 0 Å². The fraction of sp³-hybridized carbons (Fsp3) is 0.519. The van der Waals surface area contributed by atoms with E-state index in [1.54, 1.807) is 0 Å². The normalized spacial score (nSPS) is 23.5. The Kier molecular flexibility index (Phi) is 8.81. The lowest BCUT2D eigenvalue weighted by Crippen LogP contribution is -2.21. The molecule has 1 nitrogen and oxygen atoms in total. The van der Waals surface area contributed by atoms with Gasteiger partial charge in [0, 0.05) is 11.8 Å². The molecule has 0 heterocycles. The van der Waals surface area contributed by atoms with Crippen molar-refractivity contribution in [3.05, 3.63) is 71.8 Å². The van der Waals surface area contributed by atoms with Crippen LogP contribution < -0.4 is 0 Å². The highest BCUT2D eigenvalue weighted by molar-refractivity contribution is 5.91. The van der Waals surface area contributed by atoms with Gasteiger partial charge in [-0.1, -0.05) is 125 Å². The summed E-state index contributed by atoms with van der Waals surface area (Å²) < 4.78 is 0. The molecule has 0 N–H and O–H groups in total. The summed E-state index contributed by atoms with van der Waals surface area (Å²) in [6.07, 6.45) is 14.9. The highest BCUT2D eigenvalue weighted by atomic mass is 16.1. The van der Waals surface area contributed by atoms with Gasteiger partial charge in [-0.3, -0.25) is 4.79 Å². The lowest BCUT2D eigenvalue weighted by molar-refractivity contribution is -0.122. The van der Waals surface area contributed by atoms with Crippen molar-refractivity contribution < 1.29 is 4.79 Å². The van der Waals surface area contributed by atoms with E-state index < -0.39 is 0 Å². The number of hydrogen-bond donors (Lipinski definition) is 0. The zero-order chi connectivity index (χ0) is 19.4. The lowest BCUT2D eigenvalue weighted by Gasteiger charge is -2.24. The highest BCUT2D eigenvalue weighted by Crippen LogP contribution is 2.34. The van der Waals surface area contributed by atoms with Crippen LogP contribution in [0.5, 0.6) is 0 Å². The van der Waals surface area contributed by atoms with E-state index in [1.807, 2.05) is 0 Å². The predicted molar refractivity (Wildman–Crippen MR) is 119 cm³/mol. The maximum atomic E-state index is 13.8. The van der Waals surface area contributed by atoms with Crippen LogP contribution in [0.2, 0.25) is 0 Å². The molecule has 1 saturated carbocycles. The molecule has 0 amide bonds. The third kappa shape index (κ3) is 6.33. The summed E-state index contributed by atoms with van der Waals surface area (Å²) in [7, 11) is 0. The van der Waals surface area contributed by atoms with Crippen LogP contribution in [0.25, 0.3) is 0 Å². The maximum absolute atomic E-state index is 13.8. The van der Waals surface area contributed by atoms with Gasteiger partial charge in [-0.15, -0.1) is 0 Å². The average Bonchev–Trinajstić information content (AvgIpc) is 2.75. The third-order valence-electron chi connectivity index (χ3n) is 6.33. The molecule has 150 valence electrons. The minimum absolute atomic E-state index is 0.0385. The Bertz CT molecular complexity index is 616. The second-order valence-corrected chi connectivity index (χ2v) is 8.44. The van der Waals surface area contributed by atoms with Gasteiger partial charge >= 0.3 is 0 Å². The van der Waals surface area contributed by atoms with Gasteiger partial charge < -0.3 is 0 Å². The Morgan fingerprint density at radius 3 is 1.14 bits per heavy atom. The minimum Gasteiger partial charge on any atom is -0.298 e. The first-order valence-corrected chi connectivity index (χ1v) is 11.5. The van der Waals surface area contributed by atoms with E-state index in [4.69, 9.17) is 0 Å². The molecule has 2 aromatic carbocycles. The second-order valence-electron chi connectivity index (χ2n) is 8.44. The molecular formula is C27H36O. The second kappa shape index (κ2) is 11.8. The van der Waals surface area contributed by atoms with Crippen molar-refractivity contribution in [1.29, 1.82) is 0 Å². The van der Waals surface area contributed by atoms with Crippen molar-refractivity contribution in [3.63, 3.8) is 0 Å². The number of rotatable bonds is 2. The monoisotopic (exact) mass is 376 g/mol. The van der Waals surface area contributed by atoms with Crippen molar-refractivity contribution in [1.82, 2.24) is 0 Å². The van der Waals surface area contributed by atoms with Crippen LogP contribution in [-0.4, -0.2) is 5.78 Å². The van der Waals surface area contributed by atoms with Gasteiger partial charge in [0.1, 0.15) is 5.78 Å². The average molecular weight is 377 g/mol. The number of benzene rings is 2. The van der Waals surface area contributed by atoms with E-state index in [0.29, 0.717) is 5.78 Å². The molecule has 0 aliphatic heterocycles. The molecule has 0 spiro atoms. The van der Waals surface area contributed by atoms with Crippen molar-refractivity contribution in [2.75, 3.05) is 0 Å². The van der Waals surface area contributed by atoms with E-state index in [1.165, 1.54) is 62.5 Å². The summed E-state index contributed by atoms with van der Waals surface area (Å²) >= 11 is 0. The number of Topliss-reactive ketones (excluding diaryl/α,β-unsaturated/α-hetero) is 1. The van der Waals surface area contributed by atoms with Crippen LogP contribution in [0.15, 0.2) is 60.7 Å². The standard InChI is InChI=1S/C27H36O/c28-27-25(23-17-11-9-12-18-23)21-15-7-5-3-1-2-4-6-8-16-22-26(27)24-19-13-10-14-20-24/h9-14,17-20,25-26H,1-8,15-16,21-22H2. The molecule has 1 aliphatic rings. The van der Waals surface area contributed by atoms with Crippen LogP contribution in [0.1, 0.15) is 100 Å². The Morgan fingerprint density at radius 1 is 0.464 bits per heavy atom. The lowest BCUT2D eigenvalue weighted by atomic mass is 9.79. The van der Waals surface area contributed by atoms with Crippen molar-refractivity contribution in [2.45, 2.75) is 88.9 Å². The van der Waals surface area contributed by atoms with E-state index in [2.05, 4.69) is 60.7 Å². The number of carbonyl (C=O) groups is 1. The summed E-state index contributed by atoms with van der Waals surface area (Å²) in [4.78, 5) is 13.8. The Morgan fingerprint density at radius 2 is 0.786 bits per heavy atom. The molecule has 3 rings (SSSR count). The van der Waals surface area contributed by atoms with Gasteiger partial charge in [0.05, 0.1) is 0 Å². The Labute approximate surface area is 171 Å². The highest BCUT2D eigenvalue weighted by Gasteiger charge is 2.28. The Balaban J connectivity index is 1.82. The van der Waals surface area contributed by atoms with Crippen molar-refractivity contribution >= 4 is 5.78 Å². The first-order chi connectivity index (χ1) is 13.9. The van der Waals surface area contributed by atoms with Gasteiger partial charge in [-0.2, -0.15) is 0 Å². The fourth-order valence-electron chi connectivity index (χ4n) is 4.67. The van der Waals surface area contributed by atoms with Gasteiger partial charge in [0.15, 0.2) is 0 Å². The number of ketones is 1. The van der Waals surface area contributed by atoms with Gasteiger partial charge in [-0.05, 0) is 24.0 Å². The minimum atomic E-state index is 0.0385. The molecule has 0 saturated heterocycles. The molecule has 0 bridgehead atoms. The van der Waals surface area contributed by atoms with E-state index in [9.17, 15) is 4.79 Å². The van der Waals surface area contributed by atoms with E-state index in [0.717, 1.165) is 25.7 Å². The summed E-state index contributed by atoms with van der Waals surface area (Å²) in [5.41, 5.74) is 2.41. The molecule has 1 heteroatoms. The first-order valence-electron chi connectivity index (χ1n) is 11.5. The molecule has 1 fully saturated rings. The molecule has 0 radical (unpaired) electrons. The molecular weight excluding hydrogens is 340 g/mol. The molecule has 2 atom stereocenters. The fourth-order valence-corrected chi connectivity index (χ4v) is 4.67. The summed E-state index contributed by atoms with van der Waals surface area (Å²) in [6.45, 7) is 0. The molecule has 2 unspecified atom stereocenters. The summed E-state index contributed by atoms with van der Waals surface area (Å²) in [5, 5.41) is 0. The predicted octanol–water partition coefficient (Wildman–Crippen LogP) is 7.82. The zero-order valence-corrected chi connectivity index (χ0v) is 17.3. The molecule has 2 aromatic rings. The van der Waals surface area contributed by atoms with Crippen molar-refractivity contribution in [3.8, 4) is 0 Å². The summed E-state index contributed by atoms with van der Waals surface area (Å²) in [6, 6.07) is 21.0. The van der Waals surface area contributed by atoms with Crippen molar-refractivity contribution in [2.24, 2.45) is 0 Å². The smallest absolute Gasteiger partial charge is 0.147 e. The quantitative estimate of drug-likeness (QED) is 0.522. The first kappa shape index (κ1) is 20.8. The van der Waals surface area contributed by atoms with E-state index in [-0.39, 0.29) is 11.8 Å². The summed E-state index contributed by atoms with van der Waals surface area (Å²) in [5.74, 6) is 0.514. The molecule has 28 heavy (non-hydrogen) atoms. The maximum Gasteiger partial charge on any atom is 0.147 e. The molecule has 1 aliphatic carbocycles. The van der Waals surface area contributed by atoms with Crippen LogP contribution >= 0.6 is 0 Å².